The summed E-state index contributed by atoms with van der Waals surface area (Å²) in [5.41, 5.74) is 0. The maximum absolute atomic E-state index is 12.5. The number of carbonyl (C=O) groups excluding carboxylic acids is 2. The third-order valence-corrected chi connectivity index (χ3v) is 4.45. The second kappa shape index (κ2) is 10.7. The van der Waals surface area contributed by atoms with Gasteiger partial charge in [0.15, 0.2) is 18.1 Å². The number of hydrogen-bond donors (Lipinski definition) is 0. The number of amides is 2. The smallest absolute Gasteiger partial charge is 0.260 e. The monoisotopic (exact) mass is 362 g/mol. The number of benzene rings is 1. The molecule has 0 bridgehead atoms. The van der Waals surface area contributed by atoms with Gasteiger partial charge in [-0.05, 0) is 31.9 Å². The van der Waals surface area contributed by atoms with E-state index in [1.165, 1.54) is 0 Å². The molecule has 2 rings (SSSR count). The highest BCUT2D eigenvalue weighted by atomic mass is 16.5. The van der Waals surface area contributed by atoms with Crippen molar-refractivity contribution in [2.45, 2.75) is 39.5 Å². The van der Waals surface area contributed by atoms with Crippen molar-refractivity contribution in [3.63, 3.8) is 0 Å². The zero-order chi connectivity index (χ0) is 18.8. The van der Waals surface area contributed by atoms with Gasteiger partial charge in [-0.2, -0.15) is 0 Å². The number of unbranched alkanes of at least 4 members (excludes halogenated alkanes) is 1. The van der Waals surface area contributed by atoms with E-state index >= 15 is 0 Å². The van der Waals surface area contributed by atoms with Gasteiger partial charge in [-0.15, -0.1) is 0 Å². The zero-order valence-corrected chi connectivity index (χ0v) is 15.9. The predicted octanol–water partition coefficient (Wildman–Crippen LogP) is 2.72. The summed E-state index contributed by atoms with van der Waals surface area (Å²) in [5, 5.41) is 0. The molecule has 1 aromatic carbocycles. The van der Waals surface area contributed by atoms with Gasteiger partial charge < -0.3 is 19.3 Å². The average Bonchev–Trinajstić information content (AvgIpc) is 2.92. The van der Waals surface area contributed by atoms with Crippen LogP contribution >= 0.6 is 0 Å². The van der Waals surface area contributed by atoms with Crippen molar-refractivity contribution in [1.29, 1.82) is 0 Å². The van der Waals surface area contributed by atoms with Crippen LogP contribution in [0.15, 0.2) is 24.3 Å². The summed E-state index contributed by atoms with van der Waals surface area (Å²) in [6.45, 7) is 7.06. The molecule has 6 nitrogen and oxygen atoms in total. The van der Waals surface area contributed by atoms with E-state index < -0.39 is 0 Å². The molecular formula is C20H30N2O4. The average molecular weight is 362 g/mol. The zero-order valence-electron chi connectivity index (χ0n) is 15.9. The van der Waals surface area contributed by atoms with Crippen molar-refractivity contribution in [2.75, 3.05) is 39.4 Å². The Morgan fingerprint density at radius 1 is 0.923 bits per heavy atom. The Kier molecular flexibility index (Phi) is 8.25. The lowest BCUT2D eigenvalue weighted by Crippen LogP contribution is -2.39. The first-order valence-corrected chi connectivity index (χ1v) is 9.55. The summed E-state index contributed by atoms with van der Waals surface area (Å²) >= 11 is 0. The lowest BCUT2D eigenvalue weighted by molar-refractivity contribution is -0.134. The second-order valence-corrected chi connectivity index (χ2v) is 6.39. The van der Waals surface area contributed by atoms with E-state index in [9.17, 15) is 9.59 Å². The van der Waals surface area contributed by atoms with Crippen molar-refractivity contribution >= 4 is 11.8 Å². The molecule has 0 N–H and O–H groups in total. The van der Waals surface area contributed by atoms with Crippen LogP contribution in [0.25, 0.3) is 0 Å². The maximum atomic E-state index is 12.5. The van der Waals surface area contributed by atoms with Crippen LogP contribution in [0.5, 0.6) is 11.5 Å². The Morgan fingerprint density at radius 3 is 2.15 bits per heavy atom. The normalized spacial score (nSPS) is 14.7. The highest BCUT2D eigenvalue weighted by Crippen LogP contribution is 2.26. The standard InChI is InChI=1S/C20H30N2O4/c1-3-5-11-19(23)21-12-8-13-22(15-14-21)20(24)16-26-18-10-7-6-9-17(18)25-4-2/h6-7,9-10H,3-5,8,11-16H2,1-2H3. The first kappa shape index (κ1) is 20.1. The van der Waals surface area contributed by atoms with Crippen molar-refractivity contribution in [2.24, 2.45) is 0 Å². The van der Waals surface area contributed by atoms with Gasteiger partial charge in [0.05, 0.1) is 6.61 Å². The fourth-order valence-electron chi connectivity index (χ4n) is 2.98. The number of rotatable bonds is 8. The van der Waals surface area contributed by atoms with E-state index in [0.29, 0.717) is 44.2 Å². The quantitative estimate of drug-likeness (QED) is 0.713. The molecular weight excluding hydrogens is 332 g/mol. The largest absolute Gasteiger partial charge is 0.490 e. The minimum Gasteiger partial charge on any atom is -0.490 e. The first-order chi connectivity index (χ1) is 12.7. The number of hydrogen-bond acceptors (Lipinski definition) is 4. The SMILES string of the molecule is CCCCC(=O)N1CCCN(C(=O)COc2ccccc2OCC)CC1. The van der Waals surface area contributed by atoms with Crippen molar-refractivity contribution in [3.05, 3.63) is 24.3 Å². The van der Waals surface area contributed by atoms with E-state index in [1.807, 2.05) is 30.0 Å². The highest BCUT2D eigenvalue weighted by molar-refractivity contribution is 5.78. The fraction of sp³-hybridized carbons (Fsp3) is 0.600. The molecule has 0 aromatic heterocycles. The molecule has 1 fully saturated rings. The lowest BCUT2D eigenvalue weighted by Gasteiger charge is -2.22. The van der Waals surface area contributed by atoms with Crippen LogP contribution in [-0.2, 0) is 9.59 Å². The summed E-state index contributed by atoms with van der Waals surface area (Å²) in [7, 11) is 0. The molecule has 0 spiro atoms. The number of nitrogens with zero attached hydrogens (tertiary/aromatic N) is 2. The summed E-state index contributed by atoms with van der Waals surface area (Å²) in [6, 6.07) is 7.36. The summed E-state index contributed by atoms with van der Waals surface area (Å²) in [4.78, 5) is 28.3. The van der Waals surface area contributed by atoms with Crippen LogP contribution in [0.4, 0.5) is 0 Å². The van der Waals surface area contributed by atoms with Crippen molar-refractivity contribution in [3.8, 4) is 11.5 Å². The van der Waals surface area contributed by atoms with Gasteiger partial charge in [0.1, 0.15) is 0 Å². The molecule has 1 heterocycles. The minimum absolute atomic E-state index is 0.0200. The van der Waals surface area contributed by atoms with Gasteiger partial charge in [-0.3, -0.25) is 9.59 Å². The van der Waals surface area contributed by atoms with E-state index in [-0.39, 0.29) is 18.4 Å². The Balaban J connectivity index is 1.84. The molecule has 1 saturated heterocycles. The van der Waals surface area contributed by atoms with Crippen LogP contribution in [0.2, 0.25) is 0 Å². The van der Waals surface area contributed by atoms with Crippen molar-refractivity contribution in [1.82, 2.24) is 9.80 Å². The van der Waals surface area contributed by atoms with Gasteiger partial charge in [-0.25, -0.2) is 0 Å². The number of ether oxygens (including phenoxy) is 2. The molecule has 144 valence electrons. The second-order valence-electron chi connectivity index (χ2n) is 6.39. The molecule has 2 amide bonds. The van der Waals surface area contributed by atoms with Crippen LogP contribution in [-0.4, -0.2) is 61.0 Å². The van der Waals surface area contributed by atoms with Crippen LogP contribution in [0.3, 0.4) is 0 Å². The minimum atomic E-state index is -0.0563. The fourth-order valence-corrected chi connectivity index (χ4v) is 2.98. The first-order valence-electron chi connectivity index (χ1n) is 9.55. The Bertz CT molecular complexity index is 591. The van der Waals surface area contributed by atoms with Crippen molar-refractivity contribution < 1.29 is 19.1 Å². The molecule has 0 aliphatic carbocycles. The molecule has 0 atom stereocenters. The van der Waals surface area contributed by atoms with E-state index in [0.717, 1.165) is 25.8 Å². The molecule has 26 heavy (non-hydrogen) atoms. The molecule has 0 unspecified atom stereocenters. The summed E-state index contributed by atoms with van der Waals surface area (Å²) < 4.78 is 11.2. The van der Waals surface area contributed by atoms with E-state index in [4.69, 9.17) is 9.47 Å². The molecule has 1 aliphatic heterocycles. The van der Waals surface area contributed by atoms with Gasteiger partial charge >= 0.3 is 0 Å². The number of carbonyl (C=O) groups is 2. The third kappa shape index (κ3) is 5.93. The molecule has 0 saturated carbocycles. The molecule has 1 aromatic rings. The van der Waals surface area contributed by atoms with E-state index in [1.54, 1.807) is 11.0 Å². The van der Waals surface area contributed by atoms with Gasteiger partial charge in [0.25, 0.3) is 5.91 Å². The van der Waals surface area contributed by atoms with Crippen LogP contribution in [0.1, 0.15) is 39.5 Å². The lowest BCUT2D eigenvalue weighted by atomic mass is 10.2. The van der Waals surface area contributed by atoms with Gasteiger partial charge in [-0.1, -0.05) is 25.5 Å². The van der Waals surface area contributed by atoms with Crippen LogP contribution in [0, 0.1) is 0 Å². The summed E-state index contributed by atoms with van der Waals surface area (Å²) in [6.07, 6.45) is 3.34. The van der Waals surface area contributed by atoms with Crippen LogP contribution < -0.4 is 9.47 Å². The Morgan fingerprint density at radius 2 is 1.54 bits per heavy atom. The molecule has 6 heteroatoms. The topological polar surface area (TPSA) is 59.1 Å². The predicted molar refractivity (Wildman–Crippen MR) is 100 cm³/mol. The number of para-hydroxylation sites is 2. The molecule has 0 radical (unpaired) electrons. The van der Waals surface area contributed by atoms with E-state index in [2.05, 4.69) is 6.92 Å². The van der Waals surface area contributed by atoms with Gasteiger partial charge in [0.2, 0.25) is 5.91 Å². The highest BCUT2D eigenvalue weighted by Gasteiger charge is 2.22. The Labute approximate surface area is 156 Å². The third-order valence-electron chi connectivity index (χ3n) is 4.45. The Hall–Kier alpha value is -2.24. The maximum Gasteiger partial charge on any atom is 0.260 e. The molecule has 1 aliphatic rings. The summed E-state index contributed by atoms with van der Waals surface area (Å²) in [5.74, 6) is 1.36. The van der Waals surface area contributed by atoms with Gasteiger partial charge in [0, 0.05) is 32.6 Å².